The third-order valence-corrected chi connectivity index (χ3v) is 3.57. The first kappa shape index (κ1) is 14.5. The molecule has 0 amide bonds. The Kier molecular flexibility index (Phi) is 4.74. The van der Waals surface area contributed by atoms with Gasteiger partial charge in [0.2, 0.25) is 0 Å². The van der Waals surface area contributed by atoms with E-state index in [0.29, 0.717) is 22.5 Å². The van der Waals surface area contributed by atoms with Crippen molar-refractivity contribution in [2.24, 2.45) is 5.16 Å². The van der Waals surface area contributed by atoms with Gasteiger partial charge in [0.15, 0.2) is 0 Å². The number of halogens is 2. The van der Waals surface area contributed by atoms with Gasteiger partial charge in [-0.25, -0.2) is 4.39 Å². The SMILES string of the molecule is C/C(=N\O)c1ccc(OCc2ccc(F)cc2Br)cc1. The fraction of sp³-hybridized carbons (Fsp3) is 0.133. The number of ether oxygens (including phenoxy) is 1. The van der Waals surface area contributed by atoms with Crippen LogP contribution in [-0.2, 0) is 6.61 Å². The monoisotopic (exact) mass is 337 g/mol. The predicted molar refractivity (Wildman–Crippen MR) is 78.9 cm³/mol. The highest BCUT2D eigenvalue weighted by Crippen LogP contribution is 2.21. The van der Waals surface area contributed by atoms with Crippen LogP contribution in [0.1, 0.15) is 18.1 Å². The third kappa shape index (κ3) is 3.57. The van der Waals surface area contributed by atoms with E-state index >= 15 is 0 Å². The Hall–Kier alpha value is -1.88. The number of oxime groups is 1. The highest BCUT2D eigenvalue weighted by Gasteiger charge is 2.03. The first-order valence-corrected chi connectivity index (χ1v) is 6.75. The molecule has 0 heterocycles. The molecule has 0 unspecified atom stereocenters. The molecule has 2 rings (SSSR count). The molecule has 2 aromatic carbocycles. The van der Waals surface area contributed by atoms with Crippen LogP contribution >= 0.6 is 15.9 Å². The summed E-state index contributed by atoms with van der Waals surface area (Å²) in [4.78, 5) is 0. The van der Waals surface area contributed by atoms with Crippen LogP contribution in [0.3, 0.4) is 0 Å². The highest BCUT2D eigenvalue weighted by atomic mass is 79.9. The van der Waals surface area contributed by atoms with E-state index in [1.165, 1.54) is 12.1 Å². The van der Waals surface area contributed by atoms with E-state index in [0.717, 1.165) is 11.1 Å². The quantitative estimate of drug-likeness (QED) is 0.511. The summed E-state index contributed by atoms with van der Waals surface area (Å²) in [5.41, 5.74) is 2.23. The van der Waals surface area contributed by atoms with E-state index in [1.807, 2.05) is 12.1 Å². The molecule has 3 nitrogen and oxygen atoms in total. The second kappa shape index (κ2) is 6.52. The Bertz CT molecular complexity index is 626. The van der Waals surface area contributed by atoms with Crippen molar-refractivity contribution in [2.45, 2.75) is 13.5 Å². The van der Waals surface area contributed by atoms with Crippen LogP contribution in [-0.4, -0.2) is 10.9 Å². The van der Waals surface area contributed by atoms with Crippen molar-refractivity contribution in [1.29, 1.82) is 0 Å². The van der Waals surface area contributed by atoms with Gasteiger partial charge in [0.05, 0.1) is 5.71 Å². The molecule has 0 aliphatic heterocycles. The standard InChI is InChI=1S/C15H13BrFNO2/c1-10(18-19)11-3-6-14(7-4-11)20-9-12-2-5-13(17)8-15(12)16/h2-8,19H,9H2,1H3/b18-10+. The summed E-state index contributed by atoms with van der Waals surface area (Å²) in [5, 5.41) is 11.8. The van der Waals surface area contributed by atoms with Crippen molar-refractivity contribution >= 4 is 21.6 Å². The molecular weight excluding hydrogens is 325 g/mol. The molecule has 0 bridgehead atoms. The highest BCUT2D eigenvalue weighted by molar-refractivity contribution is 9.10. The molecule has 0 fully saturated rings. The maximum Gasteiger partial charge on any atom is 0.124 e. The van der Waals surface area contributed by atoms with Crippen LogP contribution in [0.4, 0.5) is 4.39 Å². The number of benzene rings is 2. The molecule has 0 saturated heterocycles. The lowest BCUT2D eigenvalue weighted by molar-refractivity contribution is 0.305. The van der Waals surface area contributed by atoms with Gasteiger partial charge < -0.3 is 9.94 Å². The number of nitrogens with zero attached hydrogens (tertiary/aromatic N) is 1. The lowest BCUT2D eigenvalue weighted by Crippen LogP contribution is -1.98. The van der Waals surface area contributed by atoms with Crippen LogP contribution in [0.25, 0.3) is 0 Å². The molecule has 1 N–H and O–H groups in total. The zero-order valence-electron chi connectivity index (χ0n) is 10.8. The first-order chi connectivity index (χ1) is 9.60. The smallest absolute Gasteiger partial charge is 0.124 e. The molecule has 2 aromatic rings. The van der Waals surface area contributed by atoms with E-state index in [4.69, 9.17) is 9.94 Å². The minimum Gasteiger partial charge on any atom is -0.489 e. The lowest BCUT2D eigenvalue weighted by Gasteiger charge is -2.08. The Labute approximate surface area is 124 Å². The van der Waals surface area contributed by atoms with Crippen molar-refractivity contribution in [3.8, 4) is 5.75 Å². The molecule has 104 valence electrons. The summed E-state index contributed by atoms with van der Waals surface area (Å²) in [5.74, 6) is 0.402. The van der Waals surface area contributed by atoms with Gasteiger partial charge in [-0.15, -0.1) is 0 Å². The van der Waals surface area contributed by atoms with Crippen LogP contribution in [0.2, 0.25) is 0 Å². The average Bonchev–Trinajstić information content (AvgIpc) is 2.46. The normalized spacial score (nSPS) is 11.4. The van der Waals surface area contributed by atoms with Crippen molar-refractivity contribution in [1.82, 2.24) is 0 Å². The molecule has 0 atom stereocenters. The zero-order valence-corrected chi connectivity index (χ0v) is 12.4. The van der Waals surface area contributed by atoms with Gasteiger partial charge >= 0.3 is 0 Å². The minimum atomic E-state index is -0.288. The molecule has 0 saturated carbocycles. The van der Waals surface area contributed by atoms with E-state index < -0.39 is 0 Å². The molecule has 5 heteroatoms. The van der Waals surface area contributed by atoms with Crippen LogP contribution in [0.15, 0.2) is 52.1 Å². The third-order valence-electron chi connectivity index (χ3n) is 2.83. The largest absolute Gasteiger partial charge is 0.489 e. The van der Waals surface area contributed by atoms with Gasteiger partial charge in [-0.2, -0.15) is 0 Å². The first-order valence-electron chi connectivity index (χ1n) is 5.96. The maximum absolute atomic E-state index is 13.0. The van der Waals surface area contributed by atoms with Gasteiger partial charge in [-0.3, -0.25) is 0 Å². The van der Waals surface area contributed by atoms with E-state index in [-0.39, 0.29) is 5.82 Å². The lowest BCUT2D eigenvalue weighted by atomic mass is 10.1. The maximum atomic E-state index is 13.0. The van der Waals surface area contributed by atoms with Gasteiger partial charge in [0.25, 0.3) is 0 Å². The summed E-state index contributed by atoms with van der Waals surface area (Å²) < 4.78 is 19.3. The van der Waals surface area contributed by atoms with Crippen LogP contribution in [0, 0.1) is 5.82 Å². The van der Waals surface area contributed by atoms with Crippen LogP contribution in [0.5, 0.6) is 5.75 Å². The molecule has 0 spiro atoms. The predicted octanol–water partition coefficient (Wildman–Crippen LogP) is 4.37. The fourth-order valence-corrected chi connectivity index (χ4v) is 2.12. The van der Waals surface area contributed by atoms with Gasteiger partial charge in [0.1, 0.15) is 18.2 Å². The van der Waals surface area contributed by atoms with Crippen molar-refractivity contribution in [3.63, 3.8) is 0 Å². The number of rotatable bonds is 4. The fourth-order valence-electron chi connectivity index (χ4n) is 1.65. The topological polar surface area (TPSA) is 41.8 Å². The summed E-state index contributed by atoms with van der Waals surface area (Å²) in [7, 11) is 0. The summed E-state index contributed by atoms with van der Waals surface area (Å²) in [6, 6.07) is 11.7. The van der Waals surface area contributed by atoms with Gasteiger partial charge in [-0.1, -0.05) is 27.2 Å². The summed E-state index contributed by atoms with van der Waals surface area (Å²) in [6.45, 7) is 2.05. The number of hydrogen-bond acceptors (Lipinski definition) is 3. The van der Waals surface area contributed by atoms with E-state index in [1.54, 1.807) is 25.1 Å². The number of hydrogen-bond donors (Lipinski definition) is 1. The molecule has 20 heavy (non-hydrogen) atoms. The molecule has 0 radical (unpaired) electrons. The van der Waals surface area contributed by atoms with E-state index in [9.17, 15) is 4.39 Å². The zero-order chi connectivity index (χ0) is 14.5. The van der Waals surface area contributed by atoms with Gasteiger partial charge in [0, 0.05) is 10.0 Å². The molecule has 0 aromatic heterocycles. The Balaban J connectivity index is 2.04. The average molecular weight is 338 g/mol. The molecule has 0 aliphatic carbocycles. The summed E-state index contributed by atoms with van der Waals surface area (Å²) >= 11 is 3.30. The van der Waals surface area contributed by atoms with Crippen molar-refractivity contribution in [3.05, 3.63) is 63.9 Å². The summed E-state index contributed by atoms with van der Waals surface area (Å²) in [6.07, 6.45) is 0. The van der Waals surface area contributed by atoms with E-state index in [2.05, 4.69) is 21.1 Å². The Morgan fingerprint density at radius 2 is 1.95 bits per heavy atom. The Morgan fingerprint density at radius 3 is 2.55 bits per heavy atom. The Morgan fingerprint density at radius 1 is 1.25 bits per heavy atom. The van der Waals surface area contributed by atoms with Crippen molar-refractivity contribution in [2.75, 3.05) is 0 Å². The van der Waals surface area contributed by atoms with Crippen LogP contribution < -0.4 is 4.74 Å². The second-order valence-electron chi connectivity index (χ2n) is 4.23. The van der Waals surface area contributed by atoms with Crippen molar-refractivity contribution < 1.29 is 14.3 Å². The molecule has 0 aliphatic rings. The van der Waals surface area contributed by atoms with Gasteiger partial charge in [-0.05, 0) is 48.9 Å². The second-order valence-corrected chi connectivity index (χ2v) is 5.09. The molecular formula is C15H13BrFNO2. The minimum absolute atomic E-state index is 0.288.